The summed E-state index contributed by atoms with van der Waals surface area (Å²) in [7, 11) is 0. The third-order valence-electron chi connectivity index (χ3n) is 3.74. The minimum atomic E-state index is -0.412. The van der Waals surface area contributed by atoms with Gasteiger partial charge in [0.15, 0.2) is 6.61 Å². The molecule has 2 aromatic carbocycles. The first-order valence-corrected chi connectivity index (χ1v) is 9.29. The number of pyridine rings is 1. The Bertz CT molecular complexity index is 1080. The quantitative estimate of drug-likeness (QED) is 0.590. The molecule has 3 aromatic rings. The Morgan fingerprint density at radius 3 is 2.66 bits per heavy atom. The summed E-state index contributed by atoms with van der Waals surface area (Å²) in [5, 5.41) is 14.4. The van der Waals surface area contributed by atoms with E-state index in [1.165, 1.54) is 0 Å². The van der Waals surface area contributed by atoms with E-state index >= 15 is 0 Å². The van der Waals surface area contributed by atoms with Gasteiger partial charge < -0.3 is 15.4 Å². The van der Waals surface area contributed by atoms with Gasteiger partial charge in [0.05, 0.1) is 5.56 Å². The molecule has 0 unspecified atom stereocenters. The smallest absolute Gasteiger partial charge is 0.262 e. The summed E-state index contributed by atoms with van der Waals surface area (Å²) in [6, 6.07) is 18.6. The maximum Gasteiger partial charge on any atom is 0.262 e. The molecule has 2 N–H and O–H groups in total. The Balaban J connectivity index is 1.60. The van der Waals surface area contributed by atoms with E-state index in [4.69, 9.17) is 10.00 Å². The Kier molecular flexibility index (Phi) is 6.55. The molecule has 0 aliphatic carbocycles. The Morgan fingerprint density at radius 1 is 1.07 bits per heavy atom. The molecule has 2 amide bonds. The second-order valence-electron chi connectivity index (χ2n) is 5.84. The molecule has 0 fully saturated rings. The monoisotopic (exact) mass is 450 g/mol. The number of anilines is 2. The zero-order valence-electron chi connectivity index (χ0n) is 15.1. The molecule has 0 bridgehead atoms. The maximum absolute atomic E-state index is 12.4. The first-order chi connectivity index (χ1) is 14.0. The maximum atomic E-state index is 12.4. The lowest BCUT2D eigenvalue weighted by atomic mass is 10.2. The number of ether oxygens (including phenoxy) is 1. The van der Waals surface area contributed by atoms with Crippen LogP contribution in [0.5, 0.6) is 5.75 Å². The van der Waals surface area contributed by atoms with E-state index in [1.54, 1.807) is 66.9 Å². The predicted octanol–water partition coefficient (Wildman–Crippen LogP) is 3.99. The van der Waals surface area contributed by atoms with E-state index < -0.39 is 5.91 Å². The zero-order chi connectivity index (χ0) is 20.6. The zero-order valence-corrected chi connectivity index (χ0v) is 16.6. The van der Waals surface area contributed by atoms with Gasteiger partial charge in [0, 0.05) is 21.9 Å². The number of carbonyl (C=O) groups excluding carboxylic acids is 2. The molecular weight excluding hydrogens is 436 g/mol. The SMILES string of the molecule is N#Cc1ccccc1OCC(=O)Nc1cccc(C(=O)Nc2ccc(Br)cn2)c1. The minimum absolute atomic E-state index is 0.266. The highest BCUT2D eigenvalue weighted by molar-refractivity contribution is 9.10. The summed E-state index contributed by atoms with van der Waals surface area (Å²) in [4.78, 5) is 28.6. The van der Waals surface area contributed by atoms with E-state index in [1.807, 2.05) is 6.07 Å². The molecule has 0 atom stereocenters. The number of hydrogen-bond acceptors (Lipinski definition) is 5. The normalized spacial score (nSPS) is 9.93. The van der Waals surface area contributed by atoms with E-state index in [-0.39, 0.29) is 12.5 Å². The number of nitrogens with one attached hydrogen (secondary N) is 2. The standard InChI is InChI=1S/C21H15BrN4O3/c22-16-8-9-19(24-12-16)26-21(28)14-5-3-6-17(10-14)25-20(27)13-29-18-7-2-1-4-15(18)11-23/h1-10,12H,13H2,(H,25,27)(H,24,26,28). The molecule has 0 radical (unpaired) electrons. The Hall–Kier alpha value is -3.70. The van der Waals surface area contributed by atoms with Crippen molar-refractivity contribution in [2.75, 3.05) is 17.2 Å². The second kappa shape index (κ2) is 9.48. The first-order valence-electron chi connectivity index (χ1n) is 8.50. The number of benzene rings is 2. The van der Waals surface area contributed by atoms with Gasteiger partial charge in [0.1, 0.15) is 17.6 Å². The van der Waals surface area contributed by atoms with Crippen LogP contribution in [0, 0.1) is 11.3 Å². The third kappa shape index (κ3) is 5.64. The van der Waals surface area contributed by atoms with Crippen LogP contribution in [0.1, 0.15) is 15.9 Å². The van der Waals surface area contributed by atoms with Crippen molar-refractivity contribution in [1.82, 2.24) is 4.98 Å². The summed E-state index contributed by atoms with van der Waals surface area (Å²) in [6.45, 7) is -0.266. The van der Waals surface area contributed by atoms with Crippen LogP contribution in [-0.4, -0.2) is 23.4 Å². The number of nitriles is 1. The number of carbonyl (C=O) groups is 2. The van der Waals surface area contributed by atoms with Crippen LogP contribution in [0.3, 0.4) is 0 Å². The molecular formula is C21H15BrN4O3. The van der Waals surface area contributed by atoms with Crippen LogP contribution in [0.4, 0.5) is 11.5 Å². The average molecular weight is 451 g/mol. The van der Waals surface area contributed by atoms with Gasteiger partial charge in [-0.05, 0) is 58.4 Å². The van der Waals surface area contributed by atoms with Crippen LogP contribution in [0.2, 0.25) is 0 Å². The number of halogens is 1. The van der Waals surface area contributed by atoms with E-state index in [9.17, 15) is 9.59 Å². The summed E-state index contributed by atoms with van der Waals surface area (Å²) >= 11 is 3.28. The van der Waals surface area contributed by atoms with Crippen molar-refractivity contribution in [3.8, 4) is 11.8 Å². The number of amides is 2. The lowest BCUT2D eigenvalue weighted by molar-refractivity contribution is -0.118. The molecule has 0 saturated heterocycles. The molecule has 0 saturated carbocycles. The van der Waals surface area contributed by atoms with Gasteiger partial charge in [0.25, 0.3) is 11.8 Å². The van der Waals surface area contributed by atoms with Gasteiger partial charge in [-0.25, -0.2) is 4.98 Å². The number of nitrogens with zero attached hydrogens (tertiary/aromatic N) is 2. The van der Waals surface area contributed by atoms with E-state index in [0.29, 0.717) is 28.4 Å². The molecule has 144 valence electrons. The summed E-state index contributed by atoms with van der Waals surface area (Å²) in [5.74, 6) is -0.0162. The van der Waals surface area contributed by atoms with Crippen molar-refractivity contribution in [2.24, 2.45) is 0 Å². The van der Waals surface area contributed by atoms with Crippen molar-refractivity contribution in [3.63, 3.8) is 0 Å². The van der Waals surface area contributed by atoms with Gasteiger partial charge in [-0.1, -0.05) is 18.2 Å². The largest absolute Gasteiger partial charge is 0.482 e. The lowest BCUT2D eigenvalue weighted by Gasteiger charge is -2.10. The molecule has 1 heterocycles. The van der Waals surface area contributed by atoms with Gasteiger partial charge in [-0.3, -0.25) is 9.59 Å². The highest BCUT2D eigenvalue weighted by atomic mass is 79.9. The van der Waals surface area contributed by atoms with E-state index in [0.717, 1.165) is 4.47 Å². The molecule has 0 spiro atoms. The van der Waals surface area contributed by atoms with E-state index in [2.05, 4.69) is 31.5 Å². The molecule has 0 aliphatic heterocycles. The van der Waals surface area contributed by atoms with Crippen molar-refractivity contribution < 1.29 is 14.3 Å². The lowest BCUT2D eigenvalue weighted by Crippen LogP contribution is -2.21. The van der Waals surface area contributed by atoms with Gasteiger partial charge in [0.2, 0.25) is 0 Å². The minimum Gasteiger partial charge on any atom is -0.482 e. The topological polar surface area (TPSA) is 104 Å². The van der Waals surface area contributed by atoms with Crippen molar-refractivity contribution in [1.29, 1.82) is 5.26 Å². The van der Waals surface area contributed by atoms with Gasteiger partial charge in [-0.2, -0.15) is 5.26 Å². The molecule has 0 aliphatic rings. The third-order valence-corrected chi connectivity index (χ3v) is 4.21. The van der Waals surface area contributed by atoms with Gasteiger partial charge in [-0.15, -0.1) is 0 Å². The number of para-hydroxylation sites is 1. The van der Waals surface area contributed by atoms with Crippen LogP contribution in [0.15, 0.2) is 71.3 Å². The van der Waals surface area contributed by atoms with Crippen LogP contribution >= 0.6 is 15.9 Å². The van der Waals surface area contributed by atoms with Gasteiger partial charge >= 0.3 is 0 Å². The predicted molar refractivity (Wildman–Crippen MR) is 112 cm³/mol. The van der Waals surface area contributed by atoms with Crippen LogP contribution in [-0.2, 0) is 4.79 Å². The molecule has 8 heteroatoms. The molecule has 7 nitrogen and oxygen atoms in total. The number of rotatable bonds is 6. The summed E-state index contributed by atoms with van der Waals surface area (Å²) in [6.07, 6.45) is 1.58. The second-order valence-corrected chi connectivity index (χ2v) is 6.76. The number of aromatic nitrogens is 1. The molecule has 1 aromatic heterocycles. The van der Waals surface area contributed by atoms with Crippen molar-refractivity contribution in [2.45, 2.75) is 0 Å². The fourth-order valence-corrected chi connectivity index (χ4v) is 2.64. The van der Waals surface area contributed by atoms with Crippen LogP contribution < -0.4 is 15.4 Å². The Labute approximate surface area is 175 Å². The molecule has 3 rings (SSSR count). The summed E-state index contributed by atoms with van der Waals surface area (Å²) in [5.41, 5.74) is 1.16. The highest BCUT2D eigenvalue weighted by Gasteiger charge is 2.10. The Morgan fingerprint density at radius 2 is 1.90 bits per heavy atom. The average Bonchev–Trinajstić information content (AvgIpc) is 2.74. The highest BCUT2D eigenvalue weighted by Crippen LogP contribution is 2.17. The fourth-order valence-electron chi connectivity index (χ4n) is 2.40. The van der Waals surface area contributed by atoms with Crippen LogP contribution in [0.25, 0.3) is 0 Å². The molecule has 29 heavy (non-hydrogen) atoms. The van der Waals surface area contributed by atoms with Crippen molar-refractivity contribution >= 4 is 39.2 Å². The first kappa shape index (κ1) is 20.0. The summed E-state index contributed by atoms with van der Waals surface area (Å²) < 4.78 is 6.21. The number of hydrogen-bond donors (Lipinski definition) is 2. The fraction of sp³-hybridized carbons (Fsp3) is 0.0476. The van der Waals surface area contributed by atoms with Crippen molar-refractivity contribution in [3.05, 3.63) is 82.5 Å².